The van der Waals surface area contributed by atoms with E-state index in [9.17, 15) is 18.0 Å². The average Bonchev–Trinajstić information content (AvgIpc) is 3.17. The number of hydrogen-bond donors (Lipinski definition) is 0. The first-order valence-electron chi connectivity index (χ1n) is 9.35. The Morgan fingerprint density at radius 1 is 1.13 bits per heavy atom. The monoisotopic (exact) mass is 437 g/mol. The second-order valence-corrected chi connectivity index (χ2v) is 6.90. The van der Waals surface area contributed by atoms with Crippen molar-refractivity contribution < 1.29 is 27.4 Å². The number of aromatic nitrogens is 4. The second kappa shape index (κ2) is 8.40. The van der Waals surface area contributed by atoms with Gasteiger partial charge in [-0.25, -0.2) is 9.50 Å². The molecule has 0 bridgehead atoms. The van der Waals surface area contributed by atoms with Crippen LogP contribution in [0.5, 0.6) is 11.5 Å². The molecular weight excluding hydrogens is 415 g/mol. The molecule has 0 fully saturated rings. The number of benzene rings is 1. The Morgan fingerprint density at radius 3 is 2.42 bits per heavy atom. The Bertz CT molecular complexity index is 1130. The molecule has 166 valence electrons. The molecule has 0 spiro atoms. The summed E-state index contributed by atoms with van der Waals surface area (Å²) in [6, 6.07) is 5.12. The van der Waals surface area contributed by atoms with E-state index in [4.69, 9.17) is 9.47 Å². The molecule has 3 aromatic rings. The minimum Gasteiger partial charge on any atom is -0.493 e. The zero-order valence-electron chi connectivity index (χ0n) is 17.7. The van der Waals surface area contributed by atoms with Crippen LogP contribution in [0.3, 0.4) is 0 Å². The van der Waals surface area contributed by atoms with E-state index in [-0.39, 0.29) is 24.5 Å². The fourth-order valence-electron chi connectivity index (χ4n) is 3.27. The third-order valence-electron chi connectivity index (χ3n) is 5.02. The van der Waals surface area contributed by atoms with Gasteiger partial charge >= 0.3 is 6.18 Å². The van der Waals surface area contributed by atoms with Crippen molar-refractivity contribution in [1.29, 1.82) is 0 Å². The maximum absolute atomic E-state index is 12.9. The zero-order valence-corrected chi connectivity index (χ0v) is 17.7. The minimum atomic E-state index is -4.66. The number of alkyl halides is 3. The van der Waals surface area contributed by atoms with Gasteiger partial charge in [-0.3, -0.25) is 4.79 Å². The van der Waals surface area contributed by atoms with E-state index >= 15 is 0 Å². The number of methoxy groups -OCH3 is 2. The maximum Gasteiger partial charge on any atom is 0.453 e. The fourth-order valence-corrected chi connectivity index (χ4v) is 3.27. The molecule has 2 heterocycles. The van der Waals surface area contributed by atoms with Crippen molar-refractivity contribution in [2.45, 2.75) is 32.9 Å². The molecule has 0 atom stereocenters. The lowest BCUT2D eigenvalue weighted by molar-refractivity contribution is -0.144. The molecule has 0 N–H and O–H groups in total. The fraction of sp³-hybridized carbons (Fsp3) is 0.400. The third-order valence-corrected chi connectivity index (χ3v) is 5.02. The van der Waals surface area contributed by atoms with Crippen molar-refractivity contribution in [1.82, 2.24) is 19.6 Å². The molecule has 0 unspecified atom stereocenters. The van der Waals surface area contributed by atoms with Crippen LogP contribution in [0.15, 0.2) is 18.2 Å². The molecule has 0 aliphatic rings. The molecule has 0 saturated carbocycles. The Labute approximate surface area is 176 Å². The van der Waals surface area contributed by atoms with E-state index in [0.717, 1.165) is 4.52 Å². The Hall–Kier alpha value is -3.37. The van der Waals surface area contributed by atoms with E-state index < -0.39 is 12.0 Å². The number of amides is 1. The summed E-state index contributed by atoms with van der Waals surface area (Å²) in [6.45, 7) is 3.31. The van der Waals surface area contributed by atoms with Gasteiger partial charge < -0.3 is 14.4 Å². The summed E-state index contributed by atoms with van der Waals surface area (Å²) >= 11 is 0. The molecule has 1 aromatic carbocycles. The SMILES string of the molecule is COc1ccc(N(C)C(=O)CCc2c(C)nc3nc(C(F)(F)F)nn3c2C)cc1OC. The molecule has 3 rings (SSSR count). The Kier molecular flexibility index (Phi) is 6.05. The van der Waals surface area contributed by atoms with Gasteiger partial charge in [0.1, 0.15) is 0 Å². The topological polar surface area (TPSA) is 81.9 Å². The van der Waals surface area contributed by atoms with E-state index in [1.165, 1.54) is 19.1 Å². The van der Waals surface area contributed by atoms with E-state index in [2.05, 4.69) is 15.1 Å². The van der Waals surface area contributed by atoms with Gasteiger partial charge in [-0.2, -0.15) is 18.2 Å². The quantitative estimate of drug-likeness (QED) is 0.588. The summed E-state index contributed by atoms with van der Waals surface area (Å²) in [7, 11) is 4.67. The third kappa shape index (κ3) is 4.39. The standard InChI is InChI=1S/C20H22F3N5O3/c1-11-14(12(2)28-19(24-11)25-18(26-28)20(21,22)23)7-9-17(29)27(3)13-6-8-15(30-4)16(10-13)31-5/h6,8,10H,7,9H2,1-5H3. The van der Waals surface area contributed by atoms with E-state index in [0.29, 0.717) is 34.1 Å². The summed E-state index contributed by atoms with van der Waals surface area (Å²) < 4.78 is 50.3. The van der Waals surface area contributed by atoms with Crippen LogP contribution in [0, 0.1) is 13.8 Å². The largest absolute Gasteiger partial charge is 0.493 e. The maximum atomic E-state index is 12.9. The Morgan fingerprint density at radius 2 is 1.81 bits per heavy atom. The van der Waals surface area contributed by atoms with Crippen molar-refractivity contribution in [3.63, 3.8) is 0 Å². The van der Waals surface area contributed by atoms with Gasteiger partial charge in [-0.05, 0) is 38.0 Å². The summed E-state index contributed by atoms with van der Waals surface area (Å²) in [5.74, 6) is -0.513. The van der Waals surface area contributed by atoms with Crippen LogP contribution in [0.4, 0.5) is 18.9 Å². The van der Waals surface area contributed by atoms with Gasteiger partial charge in [-0.1, -0.05) is 0 Å². The van der Waals surface area contributed by atoms with Gasteiger partial charge in [0.05, 0.1) is 14.2 Å². The predicted molar refractivity (Wildman–Crippen MR) is 107 cm³/mol. The highest BCUT2D eigenvalue weighted by Crippen LogP contribution is 2.31. The number of carbonyl (C=O) groups excluding carboxylic acids is 1. The second-order valence-electron chi connectivity index (χ2n) is 6.90. The van der Waals surface area contributed by atoms with Crippen LogP contribution in [-0.2, 0) is 17.4 Å². The Balaban J connectivity index is 1.81. The number of hydrogen-bond acceptors (Lipinski definition) is 6. The first kappa shape index (κ1) is 22.3. The highest BCUT2D eigenvalue weighted by Gasteiger charge is 2.37. The number of carbonyl (C=O) groups is 1. The van der Waals surface area contributed by atoms with Gasteiger partial charge in [0.2, 0.25) is 5.91 Å². The molecule has 11 heteroatoms. The number of rotatable bonds is 6. The molecule has 0 radical (unpaired) electrons. The first-order valence-corrected chi connectivity index (χ1v) is 9.35. The summed E-state index contributed by atoms with van der Waals surface area (Å²) in [6.07, 6.45) is -4.24. The lowest BCUT2D eigenvalue weighted by Gasteiger charge is -2.19. The molecule has 1 amide bonds. The van der Waals surface area contributed by atoms with E-state index in [1.54, 1.807) is 39.1 Å². The highest BCUT2D eigenvalue weighted by atomic mass is 19.4. The summed E-state index contributed by atoms with van der Waals surface area (Å²) in [5, 5.41) is 3.53. The van der Waals surface area contributed by atoms with Crippen molar-refractivity contribution in [2.24, 2.45) is 0 Å². The van der Waals surface area contributed by atoms with Crippen LogP contribution in [-0.4, -0.2) is 46.8 Å². The number of anilines is 1. The number of fused-ring (bicyclic) bond motifs is 1. The van der Waals surface area contributed by atoms with Crippen LogP contribution in [0.1, 0.15) is 29.2 Å². The van der Waals surface area contributed by atoms with Crippen LogP contribution in [0.2, 0.25) is 0 Å². The first-order chi connectivity index (χ1) is 14.6. The number of halogens is 3. The van der Waals surface area contributed by atoms with Crippen molar-refractivity contribution in [3.05, 3.63) is 41.0 Å². The predicted octanol–water partition coefficient (Wildman–Crippen LogP) is 3.37. The van der Waals surface area contributed by atoms with Gasteiger partial charge in [0.15, 0.2) is 11.5 Å². The lowest BCUT2D eigenvalue weighted by Crippen LogP contribution is -2.26. The zero-order chi connectivity index (χ0) is 22.9. The molecule has 0 saturated heterocycles. The highest BCUT2D eigenvalue weighted by molar-refractivity contribution is 5.93. The van der Waals surface area contributed by atoms with Gasteiger partial charge in [-0.15, -0.1) is 5.10 Å². The van der Waals surface area contributed by atoms with Crippen molar-refractivity contribution >= 4 is 17.4 Å². The van der Waals surface area contributed by atoms with Gasteiger partial charge in [0.25, 0.3) is 11.6 Å². The number of aryl methyl sites for hydroxylation is 2. The van der Waals surface area contributed by atoms with Crippen molar-refractivity contribution in [2.75, 3.05) is 26.2 Å². The van der Waals surface area contributed by atoms with Crippen LogP contribution >= 0.6 is 0 Å². The lowest BCUT2D eigenvalue weighted by atomic mass is 10.1. The molecular formula is C20H22F3N5O3. The van der Waals surface area contributed by atoms with Gasteiger partial charge in [0, 0.05) is 36.6 Å². The smallest absolute Gasteiger partial charge is 0.453 e. The molecule has 8 nitrogen and oxygen atoms in total. The molecule has 0 aliphatic carbocycles. The minimum absolute atomic E-state index is 0.125. The van der Waals surface area contributed by atoms with Crippen molar-refractivity contribution in [3.8, 4) is 11.5 Å². The average molecular weight is 437 g/mol. The summed E-state index contributed by atoms with van der Waals surface area (Å²) in [4.78, 5) is 21.8. The van der Waals surface area contributed by atoms with Crippen LogP contribution < -0.4 is 14.4 Å². The summed E-state index contributed by atoms with van der Waals surface area (Å²) in [5.41, 5.74) is 2.25. The molecule has 31 heavy (non-hydrogen) atoms. The van der Waals surface area contributed by atoms with E-state index in [1.807, 2.05) is 0 Å². The number of nitrogens with zero attached hydrogens (tertiary/aromatic N) is 5. The normalized spacial score (nSPS) is 11.6. The molecule has 2 aromatic heterocycles. The number of ether oxygens (including phenoxy) is 2. The van der Waals surface area contributed by atoms with Crippen LogP contribution in [0.25, 0.3) is 5.78 Å². The molecule has 0 aliphatic heterocycles.